The molecule has 3 aromatic rings. The van der Waals surface area contributed by atoms with Gasteiger partial charge in [-0.1, -0.05) is 30.4 Å². The van der Waals surface area contributed by atoms with E-state index in [4.69, 9.17) is 12.2 Å². The minimum Gasteiger partial charge on any atom is -0.505 e. The summed E-state index contributed by atoms with van der Waals surface area (Å²) >= 11 is 5.33. The summed E-state index contributed by atoms with van der Waals surface area (Å²) in [5.74, 6) is 0.106. The molecule has 2 heterocycles. The number of rotatable bonds is 3. The van der Waals surface area contributed by atoms with Crippen LogP contribution >= 0.6 is 12.2 Å². The molecule has 0 unspecified atom stereocenters. The maximum atomic E-state index is 10.3. The van der Waals surface area contributed by atoms with Crippen LogP contribution in [0.15, 0.2) is 48.8 Å². The highest BCUT2D eigenvalue weighted by Crippen LogP contribution is 2.23. The third-order valence-corrected chi connectivity index (χ3v) is 3.41. The summed E-state index contributed by atoms with van der Waals surface area (Å²) in [7, 11) is 0. The van der Waals surface area contributed by atoms with Crippen LogP contribution < -0.4 is 0 Å². The van der Waals surface area contributed by atoms with E-state index >= 15 is 0 Å². The second-order valence-corrected chi connectivity index (χ2v) is 4.73. The molecule has 0 radical (unpaired) electrons. The first-order valence-corrected chi connectivity index (χ1v) is 6.50. The van der Waals surface area contributed by atoms with E-state index in [1.54, 1.807) is 10.8 Å². The van der Waals surface area contributed by atoms with Crippen molar-refractivity contribution in [2.24, 2.45) is 0 Å². The molecule has 3 rings (SSSR count). The Morgan fingerprint density at radius 3 is 2.70 bits per heavy atom. The zero-order chi connectivity index (χ0) is 13.9. The van der Waals surface area contributed by atoms with E-state index in [9.17, 15) is 5.11 Å². The Morgan fingerprint density at radius 2 is 2.00 bits per heavy atom. The first-order chi connectivity index (χ1) is 9.75. The minimum atomic E-state index is 0.106. The van der Waals surface area contributed by atoms with Gasteiger partial charge in [0, 0.05) is 23.9 Å². The van der Waals surface area contributed by atoms with Gasteiger partial charge in [-0.25, -0.2) is 0 Å². The number of benzene rings is 1. The van der Waals surface area contributed by atoms with Gasteiger partial charge in [0.15, 0.2) is 10.4 Å². The van der Waals surface area contributed by atoms with Gasteiger partial charge in [-0.05, 0) is 18.2 Å². The van der Waals surface area contributed by atoms with Crippen molar-refractivity contribution in [1.82, 2.24) is 20.0 Å². The van der Waals surface area contributed by atoms with Crippen LogP contribution in [0.4, 0.5) is 0 Å². The van der Waals surface area contributed by atoms with Crippen molar-refractivity contribution in [3.05, 3.63) is 64.7 Å². The molecule has 0 aliphatic carbocycles. The molecule has 0 saturated carbocycles. The van der Waals surface area contributed by atoms with Crippen LogP contribution in [-0.2, 0) is 6.42 Å². The molecular weight excluding hydrogens is 272 g/mol. The summed E-state index contributed by atoms with van der Waals surface area (Å²) in [5, 5.41) is 20.5. The predicted octanol–water partition coefficient (Wildman–Crippen LogP) is 2.62. The van der Waals surface area contributed by atoms with Crippen molar-refractivity contribution >= 4 is 12.2 Å². The van der Waals surface area contributed by atoms with Gasteiger partial charge in [0.25, 0.3) is 0 Å². The number of aromatic hydroxyl groups is 1. The number of nitrogens with one attached hydrogen (secondary N) is 1. The molecule has 0 bridgehead atoms. The SMILES string of the molecule is Oc1c(Cc2cn[nH]n2)ccn(-c2ccccc2)c1=S. The fraction of sp³-hybridized carbons (Fsp3) is 0.0714. The van der Waals surface area contributed by atoms with Crippen molar-refractivity contribution in [3.8, 4) is 11.4 Å². The fourth-order valence-corrected chi connectivity index (χ4v) is 2.30. The second kappa shape index (κ2) is 5.26. The van der Waals surface area contributed by atoms with E-state index in [0.29, 0.717) is 11.1 Å². The average Bonchev–Trinajstić information content (AvgIpc) is 2.98. The number of hydrogen-bond donors (Lipinski definition) is 2. The molecule has 2 aromatic heterocycles. The topological polar surface area (TPSA) is 66.7 Å². The van der Waals surface area contributed by atoms with Gasteiger partial charge >= 0.3 is 0 Å². The number of hydrogen-bond acceptors (Lipinski definition) is 4. The summed E-state index contributed by atoms with van der Waals surface area (Å²) in [4.78, 5) is 0. The number of pyridine rings is 1. The zero-order valence-electron chi connectivity index (χ0n) is 10.5. The minimum absolute atomic E-state index is 0.106. The van der Waals surface area contributed by atoms with E-state index in [-0.39, 0.29) is 5.75 Å². The third-order valence-electron chi connectivity index (χ3n) is 3.02. The number of aromatic nitrogens is 4. The summed E-state index contributed by atoms with van der Waals surface area (Å²) in [6, 6.07) is 11.5. The lowest BCUT2D eigenvalue weighted by Crippen LogP contribution is -1.99. The van der Waals surface area contributed by atoms with E-state index in [0.717, 1.165) is 16.9 Å². The lowest BCUT2D eigenvalue weighted by atomic mass is 10.1. The quantitative estimate of drug-likeness (QED) is 0.726. The Labute approximate surface area is 120 Å². The molecule has 5 nitrogen and oxygen atoms in total. The molecule has 0 spiro atoms. The Bertz CT molecular complexity index is 766. The number of aromatic amines is 1. The highest BCUT2D eigenvalue weighted by atomic mass is 32.1. The highest BCUT2D eigenvalue weighted by molar-refractivity contribution is 7.71. The molecule has 0 amide bonds. The van der Waals surface area contributed by atoms with Crippen LogP contribution in [0.5, 0.6) is 5.75 Å². The fourth-order valence-electron chi connectivity index (χ4n) is 2.00. The van der Waals surface area contributed by atoms with E-state index in [1.165, 1.54) is 0 Å². The van der Waals surface area contributed by atoms with E-state index in [1.807, 2.05) is 42.6 Å². The van der Waals surface area contributed by atoms with Crippen LogP contribution in [0, 0.1) is 4.64 Å². The van der Waals surface area contributed by atoms with Crippen LogP contribution in [0.2, 0.25) is 0 Å². The van der Waals surface area contributed by atoms with Crippen molar-refractivity contribution in [2.45, 2.75) is 6.42 Å². The first-order valence-electron chi connectivity index (χ1n) is 6.09. The average molecular weight is 284 g/mol. The molecule has 0 fully saturated rings. The largest absolute Gasteiger partial charge is 0.505 e. The normalized spacial score (nSPS) is 10.6. The third kappa shape index (κ3) is 2.33. The number of para-hydroxylation sites is 1. The molecule has 6 heteroatoms. The Hall–Kier alpha value is -2.47. The smallest absolute Gasteiger partial charge is 0.154 e. The van der Waals surface area contributed by atoms with Crippen LogP contribution in [0.25, 0.3) is 5.69 Å². The van der Waals surface area contributed by atoms with Crippen LogP contribution in [0.3, 0.4) is 0 Å². The van der Waals surface area contributed by atoms with E-state index < -0.39 is 0 Å². The van der Waals surface area contributed by atoms with Gasteiger partial charge in [-0.3, -0.25) is 0 Å². The van der Waals surface area contributed by atoms with Gasteiger partial charge < -0.3 is 9.67 Å². The zero-order valence-corrected chi connectivity index (χ0v) is 11.3. The molecule has 0 atom stereocenters. The van der Waals surface area contributed by atoms with Gasteiger partial charge in [-0.15, -0.1) is 0 Å². The molecule has 2 N–H and O–H groups in total. The molecule has 0 aliphatic heterocycles. The monoisotopic (exact) mass is 284 g/mol. The van der Waals surface area contributed by atoms with Crippen molar-refractivity contribution in [2.75, 3.05) is 0 Å². The van der Waals surface area contributed by atoms with Gasteiger partial charge in [0.2, 0.25) is 0 Å². The Balaban J connectivity index is 2.01. The summed E-state index contributed by atoms with van der Waals surface area (Å²) < 4.78 is 2.16. The summed E-state index contributed by atoms with van der Waals surface area (Å²) in [5.41, 5.74) is 2.41. The predicted molar refractivity (Wildman–Crippen MR) is 77.5 cm³/mol. The van der Waals surface area contributed by atoms with Crippen molar-refractivity contribution < 1.29 is 5.11 Å². The lowest BCUT2D eigenvalue weighted by molar-refractivity contribution is 0.461. The van der Waals surface area contributed by atoms with Crippen LogP contribution in [0.1, 0.15) is 11.3 Å². The van der Waals surface area contributed by atoms with Gasteiger partial charge in [-0.2, -0.15) is 15.4 Å². The molecule has 100 valence electrons. The molecule has 1 aromatic carbocycles. The lowest BCUT2D eigenvalue weighted by Gasteiger charge is -2.10. The number of H-pyrrole nitrogens is 1. The van der Waals surface area contributed by atoms with Crippen LogP contribution in [-0.4, -0.2) is 25.1 Å². The highest BCUT2D eigenvalue weighted by Gasteiger charge is 2.09. The van der Waals surface area contributed by atoms with Crippen molar-refractivity contribution in [3.63, 3.8) is 0 Å². The summed E-state index contributed by atoms with van der Waals surface area (Å²) in [6.07, 6.45) is 3.97. The number of nitrogens with zero attached hydrogens (tertiary/aromatic N) is 3. The summed E-state index contributed by atoms with van der Waals surface area (Å²) in [6.45, 7) is 0. The van der Waals surface area contributed by atoms with Gasteiger partial charge in [0.1, 0.15) is 0 Å². The maximum Gasteiger partial charge on any atom is 0.154 e. The Kier molecular flexibility index (Phi) is 3.30. The Morgan fingerprint density at radius 1 is 1.20 bits per heavy atom. The standard InChI is InChI=1S/C14H12N4OS/c19-13-10(8-11-9-15-17-16-11)6-7-18(14(13)20)12-4-2-1-3-5-12/h1-7,9,19H,8H2,(H,15,16,17). The molecule has 0 aliphatic rings. The van der Waals surface area contributed by atoms with Gasteiger partial charge in [0.05, 0.1) is 11.9 Å². The first kappa shape index (κ1) is 12.6. The molecule has 20 heavy (non-hydrogen) atoms. The van der Waals surface area contributed by atoms with E-state index in [2.05, 4.69) is 15.4 Å². The molecule has 0 saturated heterocycles. The second-order valence-electron chi connectivity index (χ2n) is 4.34. The maximum absolute atomic E-state index is 10.3. The molecular formula is C14H12N4OS. The van der Waals surface area contributed by atoms with Crippen molar-refractivity contribution in [1.29, 1.82) is 0 Å².